The highest BCUT2D eigenvalue weighted by atomic mass is 35.5. The zero-order chi connectivity index (χ0) is 31.0. The van der Waals surface area contributed by atoms with Crippen LogP contribution in [0.3, 0.4) is 0 Å². The van der Waals surface area contributed by atoms with Crippen LogP contribution in [-0.4, -0.2) is 50.0 Å². The molecule has 0 aromatic heterocycles. The molecule has 1 fully saturated rings. The van der Waals surface area contributed by atoms with Gasteiger partial charge in [0, 0.05) is 37.0 Å². The molecule has 0 aliphatic heterocycles. The third kappa shape index (κ3) is 9.31. The van der Waals surface area contributed by atoms with Gasteiger partial charge < -0.3 is 10.2 Å². The van der Waals surface area contributed by atoms with Gasteiger partial charge in [-0.3, -0.25) is 13.9 Å². The fraction of sp³-hybridized carbons (Fsp3) is 0.412. The Balaban J connectivity index is 1.60. The second-order valence-electron chi connectivity index (χ2n) is 11.6. The average Bonchev–Trinajstić information content (AvgIpc) is 3.47. The first-order valence-corrected chi connectivity index (χ1v) is 17.2. The summed E-state index contributed by atoms with van der Waals surface area (Å²) in [6, 6.07) is 22.2. The van der Waals surface area contributed by atoms with Crippen LogP contribution in [0.5, 0.6) is 0 Å². The van der Waals surface area contributed by atoms with Crippen LogP contribution >= 0.6 is 11.6 Å². The summed E-state index contributed by atoms with van der Waals surface area (Å²) >= 11 is 6.20. The maximum Gasteiger partial charge on any atom is 0.243 e. The van der Waals surface area contributed by atoms with Gasteiger partial charge in [-0.1, -0.05) is 90.7 Å². The second kappa shape index (κ2) is 14.9. The van der Waals surface area contributed by atoms with Gasteiger partial charge in [0.05, 0.1) is 11.9 Å². The van der Waals surface area contributed by atoms with Gasteiger partial charge in [0.2, 0.25) is 21.8 Å². The Kier molecular flexibility index (Phi) is 11.3. The first-order chi connectivity index (χ1) is 20.5. The van der Waals surface area contributed by atoms with Crippen LogP contribution in [-0.2, 0) is 32.6 Å². The highest BCUT2D eigenvalue weighted by molar-refractivity contribution is 7.92. The summed E-state index contributed by atoms with van der Waals surface area (Å²) in [5, 5.41) is 3.66. The Morgan fingerprint density at radius 1 is 0.953 bits per heavy atom. The number of rotatable bonds is 13. The number of nitrogens with one attached hydrogen (secondary N) is 1. The summed E-state index contributed by atoms with van der Waals surface area (Å²) in [7, 11) is -3.63. The zero-order valence-electron chi connectivity index (χ0n) is 25.3. The topological polar surface area (TPSA) is 86.8 Å². The Morgan fingerprint density at radius 3 is 2.33 bits per heavy atom. The number of amides is 2. The number of anilines is 1. The van der Waals surface area contributed by atoms with Crippen molar-refractivity contribution in [1.29, 1.82) is 0 Å². The summed E-state index contributed by atoms with van der Waals surface area (Å²) in [6.45, 7) is 4.22. The lowest BCUT2D eigenvalue weighted by Gasteiger charge is -2.33. The van der Waals surface area contributed by atoms with Crippen LogP contribution in [0.25, 0.3) is 0 Å². The third-order valence-corrected chi connectivity index (χ3v) is 9.42. The minimum Gasteiger partial charge on any atom is -0.352 e. The number of benzene rings is 3. The lowest BCUT2D eigenvalue weighted by Crippen LogP contribution is -2.52. The van der Waals surface area contributed by atoms with E-state index in [4.69, 9.17) is 11.6 Å². The summed E-state index contributed by atoms with van der Waals surface area (Å²) in [6.07, 6.45) is 5.96. The number of nitrogens with zero attached hydrogens (tertiary/aromatic N) is 2. The number of carbonyl (C=O) groups excluding carboxylic acids is 2. The minimum absolute atomic E-state index is 0.0828. The van der Waals surface area contributed by atoms with E-state index in [1.54, 1.807) is 23.1 Å². The standard InChI is InChI=1S/C34H42ClN3O4S/c1-25-11-9-14-28(21-25)24-37(32(22-27-12-5-4-6-13-27)34(40)36-30-15-7-8-16-30)33(39)17-10-20-38(43(3,41)42)31-23-29(35)19-18-26(31)2/h4-6,9,11-14,18-19,21,23,30,32H,7-8,10,15-17,20,22,24H2,1-3H3,(H,36,40). The van der Waals surface area contributed by atoms with Gasteiger partial charge in [0.25, 0.3) is 0 Å². The van der Waals surface area contributed by atoms with Gasteiger partial charge in [-0.25, -0.2) is 8.42 Å². The average molecular weight is 624 g/mol. The highest BCUT2D eigenvalue weighted by Gasteiger charge is 2.32. The van der Waals surface area contributed by atoms with Gasteiger partial charge in [-0.15, -0.1) is 0 Å². The van der Waals surface area contributed by atoms with Crippen molar-refractivity contribution >= 4 is 39.1 Å². The van der Waals surface area contributed by atoms with E-state index in [1.807, 2.05) is 68.4 Å². The van der Waals surface area contributed by atoms with Crippen LogP contribution in [0.15, 0.2) is 72.8 Å². The normalized spacial score (nSPS) is 14.3. The van der Waals surface area contributed by atoms with Crippen molar-refractivity contribution in [3.63, 3.8) is 0 Å². The monoisotopic (exact) mass is 623 g/mol. The number of hydrogen-bond donors (Lipinski definition) is 1. The molecule has 7 nitrogen and oxygen atoms in total. The molecule has 0 radical (unpaired) electrons. The third-order valence-electron chi connectivity index (χ3n) is 8.00. The van der Waals surface area contributed by atoms with E-state index in [1.165, 1.54) is 4.31 Å². The van der Waals surface area contributed by atoms with Crippen molar-refractivity contribution in [2.24, 2.45) is 0 Å². The Labute approximate surface area is 261 Å². The summed E-state index contributed by atoms with van der Waals surface area (Å²) in [5.41, 5.74) is 4.24. The maximum atomic E-state index is 14.1. The van der Waals surface area contributed by atoms with Crippen LogP contribution in [0.2, 0.25) is 5.02 Å². The molecule has 1 saturated carbocycles. The summed E-state index contributed by atoms with van der Waals surface area (Å²) in [5.74, 6) is -0.343. The molecule has 1 aliphatic rings. The fourth-order valence-corrected chi connectivity index (χ4v) is 6.94. The van der Waals surface area contributed by atoms with Gasteiger partial charge in [-0.2, -0.15) is 0 Å². The summed E-state index contributed by atoms with van der Waals surface area (Å²) in [4.78, 5) is 29.6. The molecule has 1 aliphatic carbocycles. The van der Waals surface area contributed by atoms with Crippen molar-refractivity contribution in [1.82, 2.24) is 10.2 Å². The van der Waals surface area contributed by atoms with E-state index in [0.717, 1.165) is 54.2 Å². The van der Waals surface area contributed by atoms with E-state index in [2.05, 4.69) is 5.32 Å². The maximum absolute atomic E-state index is 14.1. The lowest BCUT2D eigenvalue weighted by atomic mass is 10.0. The molecule has 2 amide bonds. The highest BCUT2D eigenvalue weighted by Crippen LogP contribution is 2.27. The number of halogens is 1. The zero-order valence-corrected chi connectivity index (χ0v) is 26.8. The molecule has 0 spiro atoms. The molecule has 1 N–H and O–H groups in total. The van der Waals surface area contributed by atoms with Crippen molar-refractivity contribution in [3.05, 3.63) is 100 Å². The molecule has 1 unspecified atom stereocenters. The molecule has 9 heteroatoms. The molecule has 4 rings (SSSR count). The number of aryl methyl sites for hydroxylation is 2. The molecular weight excluding hydrogens is 582 g/mol. The summed E-state index contributed by atoms with van der Waals surface area (Å²) < 4.78 is 26.9. The van der Waals surface area contributed by atoms with Crippen LogP contribution in [0.1, 0.15) is 60.8 Å². The lowest BCUT2D eigenvalue weighted by molar-refractivity contribution is -0.141. The van der Waals surface area contributed by atoms with Gasteiger partial charge in [-0.05, 0) is 61.9 Å². The second-order valence-corrected chi connectivity index (χ2v) is 13.9. The van der Waals surface area contributed by atoms with Gasteiger partial charge >= 0.3 is 0 Å². The first-order valence-electron chi connectivity index (χ1n) is 14.9. The van der Waals surface area contributed by atoms with Crippen molar-refractivity contribution in [3.8, 4) is 0 Å². The van der Waals surface area contributed by atoms with Crippen LogP contribution < -0.4 is 9.62 Å². The molecule has 3 aromatic carbocycles. The molecule has 1 atom stereocenters. The van der Waals surface area contributed by atoms with Gasteiger partial charge in [0.1, 0.15) is 6.04 Å². The Bertz CT molecular complexity index is 1510. The smallest absolute Gasteiger partial charge is 0.243 e. The van der Waals surface area contributed by atoms with Crippen LogP contribution in [0.4, 0.5) is 5.69 Å². The van der Waals surface area contributed by atoms with Crippen LogP contribution in [0, 0.1) is 13.8 Å². The Hall–Kier alpha value is -3.36. The minimum atomic E-state index is -3.63. The number of carbonyl (C=O) groups is 2. The molecule has 230 valence electrons. The van der Waals surface area contributed by atoms with E-state index < -0.39 is 16.1 Å². The van der Waals surface area contributed by atoms with Gasteiger partial charge in [0.15, 0.2) is 0 Å². The molecule has 0 saturated heterocycles. The van der Waals surface area contributed by atoms with E-state index in [9.17, 15) is 18.0 Å². The van der Waals surface area contributed by atoms with E-state index in [0.29, 0.717) is 17.1 Å². The molecule has 0 heterocycles. The molecule has 0 bridgehead atoms. The molecule has 3 aromatic rings. The van der Waals surface area contributed by atoms with Crippen molar-refractivity contribution in [2.75, 3.05) is 17.1 Å². The number of hydrogen-bond acceptors (Lipinski definition) is 4. The fourth-order valence-electron chi connectivity index (χ4n) is 5.76. The predicted octanol–water partition coefficient (Wildman–Crippen LogP) is 6.20. The first kappa shape index (κ1) is 32.6. The quantitative estimate of drug-likeness (QED) is 0.246. The van der Waals surface area contributed by atoms with Crippen molar-refractivity contribution in [2.45, 2.75) is 77.4 Å². The van der Waals surface area contributed by atoms with Crippen molar-refractivity contribution < 1.29 is 18.0 Å². The largest absolute Gasteiger partial charge is 0.352 e. The van der Waals surface area contributed by atoms with E-state index >= 15 is 0 Å². The SMILES string of the molecule is Cc1cccc(CN(C(=O)CCCN(c2cc(Cl)ccc2C)S(C)(=O)=O)C(Cc2ccccc2)C(=O)NC2CCCC2)c1. The molecule has 43 heavy (non-hydrogen) atoms. The molecular formula is C34H42ClN3O4S. The predicted molar refractivity (Wildman–Crippen MR) is 174 cm³/mol. The Morgan fingerprint density at radius 2 is 1.65 bits per heavy atom. The number of sulfonamides is 1. The van der Waals surface area contributed by atoms with E-state index in [-0.39, 0.29) is 43.8 Å².